The topological polar surface area (TPSA) is 52.6 Å². The van der Waals surface area contributed by atoms with Crippen molar-refractivity contribution < 1.29 is 19.1 Å². The van der Waals surface area contributed by atoms with Gasteiger partial charge in [-0.2, -0.15) is 0 Å². The Hall–Kier alpha value is -0.880. The van der Waals surface area contributed by atoms with Gasteiger partial charge in [0.25, 0.3) is 0 Å². The van der Waals surface area contributed by atoms with Crippen molar-refractivity contribution in [1.29, 1.82) is 0 Å². The van der Waals surface area contributed by atoms with Crippen LogP contribution in [0.15, 0.2) is 0 Å². The molecule has 0 saturated carbocycles. The maximum absolute atomic E-state index is 11.1. The normalized spacial score (nSPS) is 9.62. The van der Waals surface area contributed by atoms with Gasteiger partial charge in [0, 0.05) is 6.42 Å². The van der Waals surface area contributed by atoms with Crippen molar-refractivity contribution in [1.82, 2.24) is 0 Å². The first-order valence-electron chi connectivity index (χ1n) is 4.90. The summed E-state index contributed by atoms with van der Waals surface area (Å²) in [5.74, 6) is -0.993. The summed E-state index contributed by atoms with van der Waals surface area (Å²) in [5.41, 5.74) is 0. The second-order valence-electron chi connectivity index (χ2n) is 2.94. The van der Waals surface area contributed by atoms with Crippen LogP contribution in [0.4, 0.5) is 0 Å². The summed E-state index contributed by atoms with van der Waals surface area (Å²) in [6.07, 6.45) is 0.419. The number of esters is 2. The van der Waals surface area contributed by atoms with Crippen LogP contribution in [0.5, 0.6) is 0 Å². The fourth-order valence-electron chi connectivity index (χ4n) is 0.903. The van der Waals surface area contributed by atoms with E-state index in [2.05, 4.69) is 24.4 Å². The molecule has 0 aromatic heterocycles. The van der Waals surface area contributed by atoms with Gasteiger partial charge in [-0.3, -0.25) is 9.59 Å². The Labute approximate surface area is 105 Å². The molecule has 0 aliphatic carbocycles. The van der Waals surface area contributed by atoms with E-state index in [-0.39, 0.29) is 12.8 Å². The van der Waals surface area contributed by atoms with E-state index >= 15 is 0 Å². The van der Waals surface area contributed by atoms with E-state index in [9.17, 15) is 9.59 Å². The lowest BCUT2D eigenvalue weighted by Gasteiger charge is -2.16. The van der Waals surface area contributed by atoms with Crippen LogP contribution in [-0.2, 0) is 19.1 Å². The molecule has 0 aliphatic rings. The summed E-state index contributed by atoms with van der Waals surface area (Å²) in [6, 6.07) is 0. The predicted octanol–water partition coefficient (Wildman–Crippen LogP) is 1.98. The third kappa shape index (κ3) is 7.42. The molecule has 0 heterocycles. The Morgan fingerprint density at radius 1 is 1.12 bits per heavy atom. The monoisotopic (exact) mass is 262 g/mol. The van der Waals surface area contributed by atoms with Crippen LogP contribution in [0.3, 0.4) is 0 Å². The zero-order valence-corrected chi connectivity index (χ0v) is 10.6. The Morgan fingerprint density at radius 2 is 1.56 bits per heavy atom. The minimum absolute atomic E-state index is 0.0280. The maximum Gasteiger partial charge on any atom is 0.313 e. The average Bonchev–Trinajstić information content (AvgIpc) is 2.18. The van der Waals surface area contributed by atoms with E-state index in [1.807, 2.05) is 6.92 Å². The van der Waals surface area contributed by atoms with Gasteiger partial charge >= 0.3 is 11.9 Å². The first kappa shape index (κ1) is 15.1. The Kier molecular flexibility index (Phi) is 8.84. The molecular weight excluding hydrogens is 248 g/mol. The lowest BCUT2D eigenvalue weighted by Crippen LogP contribution is -2.24. The molecule has 90 valence electrons. The predicted molar refractivity (Wildman–Crippen MR) is 67.4 cm³/mol. The third-order valence-electron chi connectivity index (χ3n) is 1.55. The van der Waals surface area contributed by atoms with Crippen molar-refractivity contribution in [3.05, 3.63) is 0 Å². The van der Waals surface area contributed by atoms with Gasteiger partial charge in [-0.1, -0.05) is 31.4 Å². The number of hydrogen-bond acceptors (Lipinski definition) is 6. The molecule has 0 saturated heterocycles. The van der Waals surface area contributed by atoms with Gasteiger partial charge in [0.2, 0.25) is 6.29 Å². The van der Waals surface area contributed by atoms with E-state index < -0.39 is 18.2 Å². The molecule has 0 spiro atoms. The SMILES string of the molecule is CCCC(OC(=O)CC=S)OC(=O)CC=S. The molecule has 0 unspecified atom stereocenters. The maximum atomic E-state index is 11.1. The zero-order chi connectivity index (χ0) is 12.4. The second kappa shape index (κ2) is 9.35. The molecule has 0 aromatic carbocycles. The summed E-state index contributed by atoms with van der Waals surface area (Å²) in [4.78, 5) is 22.3. The fraction of sp³-hybridized carbons (Fsp3) is 0.600. The van der Waals surface area contributed by atoms with Crippen molar-refractivity contribution in [2.45, 2.75) is 38.9 Å². The smallest absolute Gasteiger partial charge is 0.313 e. The molecule has 0 rings (SSSR count). The molecule has 4 nitrogen and oxygen atoms in total. The lowest BCUT2D eigenvalue weighted by molar-refractivity contribution is -0.187. The summed E-state index contributed by atoms with van der Waals surface area (Å²) in [6.45, 7) is 1.90. The van der Waals surface area contributed by atoms with Crippen LogP contribution in [0.1, 0.15) is 32.6 Å². The largest absolute Gasteiger partial charge is 0.425 e. The Bertz CT molecular complexity index is 242. The molecule has 6 heteroatoms. The highest BCUT2D eigenvalue weighted by molar-refractivity contribution is 7.79. The highest BCUT2D eigenvalue weighted by Gasteiger charge is 2.16. The standard InChI is InChI=1S/C10H14O4S2/c1-2-3-10(13-8(11)4-6-15)14-9(12)5-7-16/h6-7,10H,2-5H2,1H3. The molecule has 0 fully saturated rings. The molecule has 0 amide bonds. The number of hydrogen-bond donors (Lipinski definition) is 0. The molecule has 0 radical (unpaired) electrons. The Balaban J connectivity index is 4.14. The van der Waals surface area contributed by atoms with Gasteiger partial charge in [0.1, 0.15) is 0 Å². The van der Waals surface area contributed by atoms with Crippen molar-refractivity contribution in [3.8, 4) is 0 Å². The minimum Gasteiger partial charge on any atom is -0.425 e. The van der Waals surface area contributed by atoms with Crippen LogP contribution in [-0.4, -0.2) is 29.0 Å². The molecule has 16 heavy (non-hydrogen) atoms. The highest BCUT2D eigenvalue weighted by atomic mass is 32.1. The first-order valence-corrected chi connectivity index (χ1v) is 5.84. The van der Waals surface area contributed by atoms with Gasteiger partial charge in [-0.05, 0) is 17.2 Å². The third-order valence-corrected chi connectivity index (χ3v) is 1.88. The van der Waals surface area contributed by atoms with Crippen LogP contribution >= 0.6 is 24.4 Å². The number of carbonyl (C=O) groups excluding carboxylic acids is 2. The number of carbonyl (C=O) groups is 2. The van der Waals surface area contributed by atoms with Gasteiger partial charge in [-0.15, -0.1) is 0 Å². The minimum atomic E-state index is -0.838. The van der Waals surface area contributed by atoms with E-state index in [0.717, 1.165) is 6.42 Å². The van der Waals surface area contributed by atoms with Crippen molar-refractivity contribution >= 4 is 47.1 Å². The van der Waals surface area contributed by atoms with Gasteiger partial charge < -0.3 is 9.47 Å². The lowest BCUT2D eigenvalue weighted by atomic mass is 10.3. The van der Waals surface area contributed by atoms with E-state index in [1.165, 1.54) is 10.7 Å². The summed E-state index contributed by atoms with van der Waals surface area (Å²) >= 11 is 9.05. The van der Waals surface area contributed by atoms with Crippen LogP contribution < -0.4 is 0 Å². The first-order chi connectivity index (χ1) is 7.63. The quantitative estimate of drug-likeness (QED) is 0.379. The van der Waals surface area contributed by atoms with Crippen molar-refractivity contribution in [2.24, 2.45) is 0 Å². The van der Waals surface area contributed by atoms with Gasteiger partial charge in [-0.25, -0.2) is 0 Å². The number of thiocarbonyl (C=S) groups is 2. The summed E-state index contributed by atoms with van der Waals surface area (Å²) in [7, 11) is 0. The number of rotatable bonds is 8. The summed E-state index contributed by atoms with van der Waals surface area (Å²) < 4.78 is 9.84. The molecule has 0 N–H and O–H groups in total. The average molecular weight is 262 g/mol. The summed E-state index contributed by atoms with van der Waals surface area (Å²) in [5, 5.41) is 2.54. The van der Waals surface area contributed by atoms with Crippen molar-refractivity contribution in [3.63, 3.8) is 0 Å². The molecule has 0 atom stereocenters. The van der Waals surface area contributed by atoms with Crippen molar-refractivity contribution in [2.75, 3.05) is 0 Å². The Morgan fingerprint density at radius 3 is 1.88 bits per heavy atom. The zero-order valence-electron chi connectivity index (χ0n) is 9.01. The highest BCUT2D eigenvalue weighted by Crippen LogP contribution is 2.06. The van der Waals surface area contributed by atoms with E-state index in [4.69, 9.17) is 9.47 Å². The van der Waals surface area contributed by atoms with E-state index in [0.29, 0.717) is 6.42 Å². The van der Waals surface area contributed by atoms with Gasteiger partial charge in [0.15, 0.2) is 0 Å². The molecular formula is C10H14O4S2. The molecule has 0 bridgehead atoms. The van der Waals surface area contributed by atoms with E-state index in [1.54, 1.807) is 0 Å². The fourth-order valence-corrected chi connectivity index (χ4v) is 1.18. The molecule has 0 aliphatic heterocycles. The number of ether oxygens (including phenoxy) is 2. The van der Waals surface area contributed by atoms with Crippen LogP contribution in [0.25, 0.3) is 0 Å². The molecule has 0 aromatic rings. The van der Waals surface area contributed by atoms with Gasteiger partial charge in [0.05, 0.1) is 12.8 Å². The van der Waals surface area contributed by atoms with Crippen LogP contribution in [0, 0.1) is 0 Å². The van der Waals surface area contributed by atoms with Crippen LogP contribution in [0.2, 0.25) is 0 Å². The second-order valence-corrected chi connectivity index (χ2v) is 3.61.